The summed E-state index contributed by atoms with van der Waals surface area (Å²) in [6.07, 6.45) is 0.535. The first-order valence-corrected chi connectivity index (χ1v) is 6.09. The van der Waals surface area contributed by atoms with Crippen molar-refractivity contribution in [1.82, 2.24) is 10.2 Å². The van der Waals surface area contributed by atoms with E-state index >= 15 is 0 Å². The normalized spacial score (nSPS) is 23.2. The zero-order valence-corrected chi connectivity index (χ0v) is 10.8. The first kappa shape index (κ1) is 13.5. The van der Waals surface area contributed by atoms with Crippen LogP contribution in [0.2, 0.25) is 0 Å². The number of hydrogen-bond donors (Lipinski definition) is 1. The van der Waals surface area contributed by atoms with E-state index in [4.69, 9.17) is 4.74 Å². The first-order valence-electron chi connectivity index (χ1n) is 6.09. The molecular weight excluding hydrogens is 204 g/mol. The molecule has 0 radical (unpaired) electrons. The molecule has 1 aliphatic rings. The van der Waals surface area contributed by atoms with Crippen molar-refractivity contribution in [1.29, 1.82) is 0 Å². The third kappa shape index (κ3) is 3.76. The lowest BCUT2D eigenvalue weighted by atomic mass is 10.0. The SMILES string of the molecule is CC(C)C(C)N(C)C(=O)CC1COCCN1. The molecule has 1 saturated heterocycles. The van der Waals surface area contributed by atoms with E-state index in [1.54, 1.807) is 0 Å². The van der Waals surface area contributed by atoms with Gasteiger partial charge in [-0.3, -0.25) is 4.79 Å². The third-order valence-electron chi connectivity index (χ3n) is 3.39. The summed E-state index contributed by atoms with van der Waals surface area (Å²) >= 11 is 0. The molecule has 4 nitrogen and oxygen atoms in total. The van der Waals surface area contributed by atoms with Crippen LogP contribution in [-0.2, 0) is 9.53 Å². The molecule has 16 heavy (non-hydrogen) atoms. The summed E-state index contributed by atoms with van der Waals surface area (Å²) < 4.78 is 5.34. The van der Waals surface area contributed by atoms with Gasteiger partial charge in [-0.15, -0.1) is 0 Å². The lowest BCUT2D eigenvalue weighted by molar-refractivity contribution is -0.133. The number of hydrogen-bond acceptors (Lipinski definition) is 3. The minimum absolute atomic E-state index is 0.183. The molecule has 0 saturated carbocycles. The molecular formula is C12H24N2O2. The van der Waals surface area contributed by atoms with Crippen molar-refractivity contribution in [3.63, 3.8) is 0 Å². The standard InChI is InChI=1S/C12H24N2O2/c1-9(2)10(3)14(4)12(15)7-11-8-16-6-5-13-11/h9-11,13H,5-8H2,1-4H3. The fourth-order valence-electron chi connectivity index (χ4n) is 1.78. The fraction of sp³-hybridized carbons (Fsp3) is 0.917. The highest BCUT2D eigenvalue weighted by Gasteiger charge is 2.22. The lowest BCUT2D eigenvalue weighted by Gasteiger charge is -2.30. The van der Waals surface area contributed by atoms with Crippen molar-refractivity contribution in [3.8, 4) is 0 Å². The Balaban J connectivity index is 2.38. The van der Waals surface area contributed by atoms with Gasteiger partial charge in [0.15, 0.2) is 0 Å². The highest BCUT2D eigenvalue weighted by atomic mass is 16.5. The second kappa shape index (κ2) is 6.21. The van der Waals surface area contributed by atoms with Crippen LogP contribution in [0.4, 0.5) is 0 Å². The second-order valence-electron chi connectivity index (χ2n) is 4.92. The van der Waals surface area contributed by atoms with Gasteiger partial charge in [-0.25, -0.2) is 0 Å². The molecule has 1 fully saturated rings. The number of amides is 1. The van der Waals surface area contributed by atoms with Crippen LogP contribution in [0, 0.1) is 5.92 Å². The molecule has 1 amide bonds. The molecule has 0 bridgehead atoms. The van der Waals surface area contributed by atoms with Gasteiger partial charge >= 0.3 is 0 Å². The van der Waals surface area contributed by atoms with E-state index in [1.807, 2.05) is 11.9 Å². The first-order chi connectivity index (χ1) is 7.52. The average molecular weight is 228 g/mol. The molecule has 0 aromatic rings. The molecule has 0 aromatic heterocycles. The van der Waals surface area contributed by atoms with E-state index in [0.29, 0.717) is 18.9 Å². The van der Waals surface area contributed by atoms with Crippen molar-refractivity contribution in [3.05, 3.63) is 0 Å². The third-order valence-corrected chi connectivity index (χ3v) is 3.39. The van der Waals surface area contributed by atoms with E-state index in [9.17, 15) is 4.79 Å². The van der Waals surface area contributed by atoms with Crippen LogP contribution >= 0.6 is 0 Å². The maximum atomic E-state index is 12.0. The predicted octanol–water partition coefficient (Wildman–Crippen LogP) is 0.868. The van der Waals surface area contributed by atoms with Crippen molar-refractivity contribution < 1.29 is 9.53 Å². The molecule has 94 valence electrons. The maximum Gasteiger partial charge on any atom is 0.224 e. The predicted molar refractivity (Wildman–Crippen MR) is 64.3 cm³/mol. The monoisotopic (exact) mass is 228 g/mol. The minimum atomic E-state index is 0.183. The number of ether oxygens (including phenoxy) is 1. The highest BCUT2D eigenvalue weighted by molar-refractivity contribution is 5.76. The van der Waals surface area contributed by atoms with Gasteiger partial charge in [0.05, 0.1) is 13.2 Å². The Kier molecular flexibility index (Phi) is 5.22. The van der Waals surface area contributed by atoms with E-state index in [0.717, 1.165) is 13.2 Å². The van der Waals surface area contributed by atoms with Crippen LogP contribution in [0.15, 0.2) is 0 Å². The van der Waals surface area contributed by atoms with Crippen LogP contribution in [0.1, 0.15) is 27.2 Å². The zero-order chi connectivity index (χ0) is 12.1. The fourth-order valence-corrected chi connectivity index (χ4v) is 1.78. The minimum Gasteiger partial charge on any atom is -0.378 e. The molecule has 1 aliphatic heterocycles. The molecule has 0 spiro atoms. The molecule has 4 heteroatoms. The Labute approximate surface area is 98.3 Å². The van der Waals surface area contributed by atoms with Crippen LogP contribution in [-0.4, -0.2) is 49.7 Å². The van der Waals surface area contributed by atoms with E-state index in [2.05, 4.69) is 26.1 Å². The van der Waals surface area contributed by atoms with Gasteiger partial charge in [-0.1, -0.05) is 13.8 Å². The summed E-state index contributed by atoms with van der Waals surface area (Å²) in [6.45, 7) is 8.61. The summed E-state index contributed by atoms with van der Waals surface area (Å²) in [5, 5.41) is 3.30. The van der Waals surface area contributed by atoms with Gasteiger partial charge < -0.3 is 15.0 Å². The second-order valence-corrected chi connectivity index (χ2v) is 4.92. The molecule has 0 aromatic carbocycles. The molecule has 2 atom stereocenters. The van der Waals surface area contributed by atoms with E-state index < -0.39 is 0 Å². The Bertz CT molecular complexity index is 225. The topological polar surface area (TPSA) is 41.6 Å². The number of carbonyl (C=O) groups excluding carboxylic acids is 1. The van der Waals surface area contributed by atoms with E-state index in [-0.39, 0.29) is 18.0 Å². The van der Waals surface area contributed by atoms with Crippen LogP contribution in [0.5, 0.6) is 0 Å². The van der Waals surface area contributed by atoms with Crippen LogP contribution < -0.4 is 5.32 Å². The molecule has 1 N–H and O–H groups in total. The largest absolute Gasteiger partial charge is 0.378 e. The number of nitrogens with zero attached hydrogens (tertiary/aromatic N) is 1. The van der Waals surface area contributed by atoms with Gasteiger partial charge in [0.2, 0.25) is 5.91 Å². The summed E-state index contributed by atoms with van der Waals surface area (Å²) in [6, 6.07) is 0.472. The van der Waals surface area contributed by atoms with Gasteiger partial charge in [0.1, 0.15) is 0 Å². The smallest absolute Gasteiger partial charge is 0.224 e. The Morgan fingerprint density at radius 2 is 2.19 bits per heavy atom. The van der Waals surface area contributed by atoms with Gasteiger partial charge in [-0.2, -0.15) is 0 Å². The zero-order valence-electron chi connectivity index (χ0n) is 10.8. The Hall–Kier alpha value is -0.610. The van der Waals surface area contributed by atoms with Crippen molar-refractivity contribution >= 4 is 5.91 Å². The molecule has 2 unspecified atom stereocenters. The number of morpholine rings is 1. The van der Waals surface area contributed by atoms with Gasteiger partial charge in [0.25, 0.3) is 0 Å². The summed E-state index contributed by atoms with van der Waals surface area (Å²) in [5.41, 5.74) is 0. The maximum absolute atomic E-state index is 12.0. The lowest BCUT2D eigenvalue weighted by Crippen LogP contribution is -2.46. The molecule has 1 heterocycles. The van der Waals surface area contributed by atoms with Crippen molar-refractivity contribution in [2.45, 2.75) is 39.3 Å². The van der Waals surface area contributed by atoms with Crippen LogP contribution in [0.25, 0.3) is 0 Å². The van der Waals surface area contributed by atoms with Gasteiger partial charge in [0, 0.05) is 32.1 Å². The highest BCUT2D eigenvalue weighted by Crippen LogP contribution is 2.10. The van der Waals surface area contributed by atoms with Crippen molar-refractivity contribution in [2.75, 3.05) is 26.8 Å². The number of nitrogens with one attached hydrogen (secondary N) is 1. The summed E-state index contributed by atoms with van der Waals surface area (Å²) in [7, 11) is 1.89. The van der Waals surface area contributed by atoms with E-state index in [1.165, 1.54) is 0 Å². The average Bonchev–Trinajstić information content (AvgIpc) is 2.28. The molecule has 0 aliphatic carbocycles. The molecule has 1 rings (SSSR count). The summed E-state index contributed by atoms with van der Waals surface area (Å²) in [4.78, 5) is 13.8. The Morgan fingerprint density at radius 3 is 2.69 bits per heavy atom. The van der Waals surface area contributed by atoms with Gasteiger partial charge in [-0.05, 0) is 12.8 Å². The van der Waals surface area contributed by atoms with Crippen LogP contribution in [0.3, 0.4) is 0 Å². The number of rotatable bonds is 4. The quantitative estimate of drug-likeness (QED) is 0.776. The number of carbonyl (C=O) groups is 1. The van der Waals surface area contributed by atoms with Crippen molar-refractivity contribution in [2.24, 2.45) is 5.92 Å². The summed E-state index contributed by atoms with van der Waals surface area (Å²) in [5.74, 6) is 0.689. The Morgan fingerprint density at radius 1 is 1.50 bits per heavy atom.